The van der Waals surface area contributed by atoms with Crippen LogP contribution in [-0.2, 0) is 30.3 Å². The minimum atomic E-state index is -0.644. The molecule has 8 nitrogen and oxygen atoms in total. The zero-order valence-electron chi connectivity index (χ0n) is 17.9. The highest BCUT2D eigenvalue weighted by Crippen LogP contribution is 2.47. The zero-order valence-corrected chi connectivity index (χ0v) is 17.9. The number of benzene rings is 1. The molecule has 0 aromatic heterocycles. The third kappa shape index (κ3) is 4.48. The van der Waals surface area contributed by atoms with E-state index < -0.39 is 17.5 Å². The molecule has 0 saturated carbocycles. The minimum Gasteiger partial charge on any atom is -0.445 e. The maximum atomic E-state index is 11.8. The predicted molar refractivity (Wildman–Crippen MR) is 109 cm³/mol. The van der Waals surface area contributed by atoms with E-state index in [-0.39, 0.29) is 31.1 Å². The van der Waals surface area contributed by atoms with Crippen molar-refractivity contribution in [1.29, 1.82) is 0 Å². The van der Waals surface area contributed by atoms with Crippen molar-refractivity contribution >= 4 is 6.09 Å². The summed E-state index contributed by atoms with van der Waals surface area (Å²) in [5.41, 5.74) is 0.522. The van der Waals surface area contributed by atoms with Crippen LogP contribution in [0.2, 0.25) is 0 Å². The molecule has 166 valence electrons. The van der Waals surface area contributed by atoms with Crippen LogP contribution in [0.3, 0.4) is 0 Å². The third-order valence-corrected chi connectivity index (χ3v) is 5.95. The number of nitrogens with one attached hydrogen (secondary N) is 2. The molecule has 0 radical (unpaired) electrons. The van der Waals surface area contributed by atoms with Gasteiger partial charge in [-0.1, -0.05) is 37.3 Å². The number of fused-ring (bicyclic) bond motifs is 4. The molecule has 2 N–H and O–H groups in total. The van der Waals surface area contributed by atoms with Gasteiger partial charge in [0.2, 0.25) is 0 Å². The maximum absolute atomic E-state index is 11.8. The number of rotatable bonds is 8. The van der Waals surface area contributed by atoms with Gasteiger partial charge in [-0.05, 0) is 38.8 Å². The number of carbonyl (C=O) groups is 1. The minimum absolute atomic E-state index is 0.121. The van der Waals surface area contributed by atoms with Gasteiger partial charge in [0, 0.05) is 6.54 Å². The summed E-state index contributed by atoms with van der Waals surface area (Å²) in [5.74, 6) is -0.644. The molecular formula is C22H32N2O6. The fourth-order valence-electron chi connectivity index (χ4n) is 4.38. The molecule has 0 spiro atoms. The summed E-state index contributed by atoms with van der Waals surface area (Å²) in [6, 6.07) is 9.49. The first-order valence-electron chi connectivity index (χ1n) is 10.8. The molecule has 30 heavy (non-hydrogen) atoms. The Morgan fingerprint density at radius 3 is 2.73 bits per heavy atom. The first-order valence-corrected chi connectivity index (χ1v) is 10.8. The third-order valence-electron chi connectivity index (χ3n) is 5.95. The number of ether oxygens (including phenoxy) is 5. The lowest BCUT2D eigenvalue weighted by Gasteiger charge is -2.42. The van der Waals surface area contributed by atoms with E-state index in [2.05, 4.69) is 17.6 Å². The van der Waals surface area contributed by atoms with E-state index in [1.165, 1.54) is 0 Å². The molecule has 3 heterocycles. The number of hydrogen-bond acceptors (Lipinski definition) is 7. The van der Waals surface area contributed by atoms with Crippen LogP contribution in [0.5, 0.6) is 0 Å². The van der Waals surface area contributed by atoms with Gasteiger partial charge >= 0.3 is 6.09 Å². The normalized spacial score (nSPS) is 33.8. The van der Waals surface area contributed by atoms with E-state index in [0.29, 0.717) is 19.7 Å². The molecule has 8 heteroatoms. The smallest absolute Gasteiger partial charge is 0.407 e. The predicted octanol–water partition coefficient (Wildman–Crippen LogP) is 2.32. The van der Waals surface area contributed by atoms with Gasteiger partial charge in [0.15, 0.2) is 12.1 Å². The number of amides is 1. The van der Waals surface area contributed by atoms with Gasteiger partial charge in [-0.25, -0.2) is 4.79 Å². The van der Waals surface area contributed by atoms with Crippen molar-refractivity contribution in [2.24, 2.45) is 0 Å². The van der Waals surface area contributed by atoms with Gasteiger partial charge in [0.25, 0.3) is 0 Å². The lowest BCUT2D eigenvalue weighted by molar-refractivity contribution is -0.197. The molecule has 3 aliphatic heterocycles. The Bertz CT molecular complexity index is 730. The SMILES string of the molecule is CC[C@@]12COC(O1)[C@H](NCCCNC(=O)OCc1ccccc1)C1OC(C)(C)O[C@H]12. The second-order valence-corrected chi connectivity index (χ2v) is 8.56. The van der Waals surface area contributed by atoms with Gasteiger partial charge in [-0.3, -0.25) is 0 Å². The standard InChI is InChI=1S/C22H32N2O6/c1-4-22-14-27-19(30-22)16(17-18(22)29-21(2,3)28-17)23-11-8-12-24-20(25)26-13-15-9-6-5-7-10-15/h5-7,9-10,16-19,23H,4,8,11-14H2,1-3H3,(H,24,25)/t16-,17?,18-,19?,22+/m1/s1. The van der Waals surface area contributed by atoms with Crippen LogP contribution >= 0.6 is 0 Å². The van der Waals surface area contributed by atoms with Gasteiger partial charge in [-0.2, -0.15) is 0 Å². The van der Waals surface area contributed by atoms with E-state index >= 15 is 0 Å². The van der Waals surface area contributed by atoms with E-state index in [9.17, 15) is 4.79 Å². The Labute approximate surface area is 177 Å². The molecule has 1 aromatic rings. The molecule has 3 aliphatic rings. The topological polar surface area (TPSA) is 87.3 Å². The van der Waals surface area contributed by atoms with Crippen LogP contribution in [0.15, 0.2) is 30.3 Å². The van der Waals surface area contributed by atoms with Crippen molar-refractivity contribution in [3.8, 4) is 0 Å². The highest BCUT2D eigenvalue weighted by molar-refractivity contribution is 5.67. The molecule has 1 amide bonds. The van der Waals surface area contributed by atoms with Gasteiger partial charge in [0.1, 0.15) is 24.4 Å². The lowest BCUT2D eigenvalue weighted by Crippen LogP contribution is -2.63. The monoisotopic (exact) mass is 420 g/mol. The number of carbonyl (C=O) groups excluding carboxylic acids is 1. The summed E-state index contributed by atoms with van der Waals surface area (Å²) in [5, 5.41) is 6.26. The number of hydrogen-bond donors (Lipinski definition) is 2. The van der Waals surface area contributed by atoms with Crippen molar-refractivity contribution in [3.05, 3.63) is 35.9 Å². The van der Waals surface area contributed by atoms with Gasteiger partial charge < -0.3 is 34.3 Å². The molecule has 4 rings (SSSR count). The fourth-order valence-corrected chi connectivity index (χ4v) is 4.38. The van der Waals surface area contributed by atoms with Crippen molar-refractivity contribution in [3.63, 3.8) is 0 Å². The van der Waals surface area contributed by atoms with Crippen LogP contribution < -0.4 is 10.6 Å². The Morgan fingerprint density at radius 2 is 1.97 bits per heavy atom. The molecule has 3 fully saturated rings. The maximum Gasteiger partial charge on any atom is 0.407 e. The molecule has 3 saturated heterocycles. The van der Waals surface area contributed by atoms with Crippen molar-refractivity contribution < 1.29 is 28.5 Å². The average molecular weight is 421 g/mol. The van der Waals surface area contributed by atoms with E-state index in [1.54, 1.807) is 0 Å². The van der Waals surface area contributed by atoms with E-state index in [1.807, 2.05) is 44.2 Å². The number of alkyl carbamates (subject to hydrolysis) is 1. The summed E-state index contributed by atoms with van der Waals surface area (Å²) in [6.45, 7) is 7.93. The van der Waals surface area contributed by atoms with Crippen molar-refractivity contribution in [1.82, 2.24) is 10.6 Å². The van der Waals surface area contributed by atoms with Gasteiger partial charge in [0.05, 0.1) is 12.6 Å². The molecule has 1 aromatic carbocycles. The van der Waals surface area contributed by atoms with Crippen LogP contribution in [0.1, 0.15) is 39.2 Å². The molecule has 2 unspecified atom stereocenters. The van der Waals surface area contributed by atoms with Crippen LogP contribution in [0, 0.1) is 0 Å². The van der Waals surface area contributed by atoms with Crippen molar-refractivity contribution in [2.75, 3.05) is 19.7 Å². The van der Waals surface area contributed by atoms with E-state index in [0.717, 1.165) is 18.4 Å². The van der Waals surface area contributed by atoms with Crippen LogP contribution in [-0.4, -0.2) is 61.7 Å². The van der Waals surface area contributed by atoms with Crippen LogP contribution in [0.25, 0.3) is 0 Å². The fraction of sp³-hybridized carbons (Fsp3) is 0.682. The average Bonchev–Trinajstić information content (AvgIpc) is 3.29. The Morgan fingerprint density at radius 1 is 1.17 bits per heavy atom. The quantitative estimate of drug-likeness (QED) is 0.624. The molecular weight excluding hydrogens is 388 g/mol. The summed E-state index contributed by atoms with van der Waals surface area (Å²) in [4.78, 5) is 11.8. The highest BCUT2D eigenvalue weighted by Gasteiger charge is 2.64. The molecule has 0 aliphatic carbocycles. The van der Waals surface area contributed by atoms with Crippen molar-refractivity contribution in [2.45, 2.75) is 76.1 Å². The summed E-state index contributed by atoms with van der Waals surface area (Å²) in [7, 11) is 0. The second-order valence-electron chi connectivity index (χ2n) is 8.56. The first kappa shape index (κ1) is 21.5. The van der Waals surface area contributed by atoms with Crippen LogP contribution in [0.4, 0.5) is 4.79 Å². The van der Waals surface area contributed by atoms with Gasteiger partial charge in [-0.15, -0.1) is 0 Å². The zero-order chi connectivity index (χ0) is 21.2. The summed E-state index contributed by atoms with van der Waals surface area (Å²) in [6.07, 6.45) is 0.481. The Balaban J connectivity index is 1.21. The first-order chi connectivity index (χ1) is 14.4. The summed E-state index contributed by atoms with van der Waals surface area (Å²) < 4.78 is 29.8. The summed E-state index contributed by atoms with van der Waals surface area (Å²) >= 11 is 0. The largest absolute Gasteiger partial charge is 0.445 e. The Kier molecular flexibility index (Phi) is 6.31. The molecule has 2 bridgehead atoms. The second kappa shape index (κ2) is 8.80. The highest BCUT2D eigenvalue weighted by atomic mass is 16.8. The van der Waals surface area contributed by atoms with E-state index in [4.69, 9.17) is 23.7 Å². The lowest BCUT2D eigenvalue weighted by atomic mass is 9.86. The molecule has 5 atom stereocenters. The Hall–Kier alpha value is -1.71.